The quantitative estimate of drug-likeness (QED) is 0.597. The first-order chi connectivity index (χ1) is 15.1. The number of rotatable bonds is 4. The summed E-state index contributed by atoms with van der Waals surface area (Å²) in [5.74, 6) is -1.79. The third kappa shape index (κ3) is 3.97. The van der Waals surface area contributed by atoms with Gasteiger partial charge < -0.3 is 5.32 Å². The van der Waals surface area contributed by atoms with Crippen molar-refractivity contribution in [2.75, 3.05) is 5.32 Å². The van der Waals surface area contributed by atoms with E-state index in [4.69, 9.17) is 9.97 Å². The summed E-state index contributed by atoms with van der Waals surface area (Å²) in [4.78, 5) is 22.5. The molecule has 1 unspecified atom stereocenters. The number of aromatic nitrogens is 2. The van der Waals surface area contributed by atoms with Gasteiger partial charge in [-0.2, -0.15) is 0 Å². The van der Waals surface area contributed by atoms with Gasteiger partial charge in [-0.05, 0) is 47.9 Å². The number of halogens is 2. The standard InChI is InChI=1S/C24H19F2N3OS/c25-17-9-7-14(12-18(17)26)13-21(30)28-24-23(20-6-3-11-31-20)29-22-16-5-2-1-4-15(16)8-10-19(22)27-24/h1-5,7,9,11-12,20H,6,8,10,13H2,(H,27,28,30). The minimum absolute atomic E-state index is 0.0745. The molecular formula is C24H19F2N3OS. The maximum atomic E-state index is 13.5. The van der Waals surface area contributed by atoms with Crippen LogP contribution in [-0.2, 0) is 24.1 Å². The molecule has 7 heteroatoms. The molecule has 2 aliphatic rings. The molecular weight excluding hydrogens is 416 g/mol. The lowest BCUT2D eigenvalue weighted by Gasteiger charge is -2.22. The zero-order valence-electron chi connectivity index (χ0n) is 16.6. The Hall–Kier alpha value is -3.06. The molecule has 0 saturated carbocycles. The van der Waals surface area contributed by atoms with Gasteiger partial charge in [-0.25, -0.2) is 18.7 Å². The van der Waals surface area contributed by atoms with Gasteiger partial charge in [-0.15, -0.1) is 11.8 Å². The van der Waals surface area contributed by atoms with Crippen molar-refractivity contribution in [3.05, 3.63) is 88.1 Å². The third-order valence-corrected chi connectivity index (χ3v) is 6.59. The van der Waals surface area contributed by atoms with Crippen LogP contribution in [-0.4, -0.2) is 15.9 Å². The Bertz CT molecular complexity index is 1200. The van der Waals surface area contributed by atoms with Crippen LogP contribution in [0.3, 0.4) is 0 Å². The summed E-state index contributed by atoms with van der Waals surface area (Å²) in [6.45, 7) is 0. The molecule has 2 heterocycles. The van der Waals surface area contributed by atoms with Gasteiger partial charge in [-0.3, -0.25) is 4.79 Å². The van der Waals surface area contributed by atoms with Crippen LogP contribution in [0.4, 0.5) is 14.6 Å². The third-order valence-electron chi connectivity index (χ3n) is 5.50. The average Bonchev–Trinajstić information content (AvgIpc) is 3.30. The molecule has 1 aliphatic carbocycles. The molecule has 2 aromatic carbocycles. The van der Waals surface area contributed by atoms with Crippen LogP contribution < -0.4 is 5.32 Å². The van der Waals surface area contributed by atoms with Crippen LogP contribution in [0.2, 0.25) is 0 Å². The van der Waals surface area contributed by atoms with Crippen molar-refractivity contribution >= 4 is 23.5 Å². The van der Waals surface area contributed by atoms with Gasteiger partial charge in [0.25, 0.3) is 0 Å². The van der Waals surface area contributed by atoms with Crippen LogP contribution >= 0.6 is 11.8 Å². The highest BCUT2D eigenvalue weighted by Crippen LogP contribution is 2.42. The number of nitrogens with zero attached hydrogens (tertiary/aromatic N) is 2. The summed E-state index contributed by atoms with van der Waals surface area (Å²) in [7, 11) is 0. The second-order valence-electron chi connectivity index (χ2n) is 7.62. The number of hydrogen-bond acceptors (Lipinski definition) is 4. The molecule has 1 N–H and O–H groups in total. The van der Waals surface area contributed by atoms with E-state index in [0.717, 1.165) is 54.0 Å². The molecule has 0 bridgehead atoms. The van der Waals surface area contributed by atoms with Crippen LogP contribution in [0.5, 0.6) is 0 Å². The first kappa shape index (κ1) is 19.9. The predicted octanol–water partition coefficient (Wildman–Crippen LogP) is 5.39. The number of allylic oxidation sites excluding steroid dienone is 1. The highest BCUT2D eigenvalue weighted by molar-refractivity contribution is 8.02. The molecule has 5 rings (SSSR count). The zero-order valence-corrected chi connectivity index (χ0v) is 17.4. The smallest absolute Gasteiger partial charge is 0.229 e. The highest BCUT2D eigenvalue weighted by Gasteiger charge is 2.27. The van der Waals surface area contributed by atoms with Gasteiger partial charge in [-0.1, -0.05) is 36.4 Å². The Morgan fingerprint density at radius 1 is 1.10 bits per heavy atom. The van der Waals surface area contributed by atoms with E-state index in [-0.39, 0.29) is 17.6 Å². The highest BCUT2D eigenvalue weighted by atomic mass is 32.2. The lowest BCUT2D eigenvalue weighted by atomic mass is 9.91. The van der Waals surface area contributed by atoms with E-state index in [1.807, 2.05) is 17.5 Å². The summed E-state index contributed by atoms with van der Waals surface area (Å²) in [5, 5.41) is 4.98. The predicted molar refractivity (Wildman–Crippen MR) is 118 cm³/mol. The Labute approximate surface area is 182 Å². The van der Waals surface area contributed by atoms with Gasteiger partial charge in [0, 0.05) is 5.56 Å². The molecule has 156 valence electrons. The Morgan fingerprint density at radius 3 is 2.77 bits per heavy atom. The maximum Gasteiger partial charge on any atom is 0.229 e. The van der Waals surface area contributed by atoms with E-state index in [2.05, 4.69) is 23.5 Å². The van der Waals surface area contributed by atoms with Gasteiger partial charge in [0.2, 0.25) is 5.91 Å². The van der Waals surface area contributed by atoms with E-state index in [0.29, 0.717) is 11.4 Å². The van der Waals surface area contributed by atoms with Crippen molar-refractivity contribution in [3.8, 4) is 11.3 Å². The summed E-state index contributed by atoms with van der Waals surface area (Å²) >= 11 is 1.65. The van der Waals surface area contributed by atoms with Crippen molar-refractivity contribution < 1.29 is 13.6 Å². The van der Waals surface area contributed by atoms with Crippen molar-refractivity contribution in [2.45, 2.75) is 30.9 Å². The molecule has 0 radical (unpaired) electrons. The van der Waals surface area contributed by atoms with E-state index in [1.54, 1.807) is 11.8 Å². The number of fused-ring (bicyclic) bond motifs is 3. The Kier molecular flexibility index (Phi) is 5.28. The molecule has 4 nitrogen and oxygen atoms in total. The molecule has 0 spiro atoms. The Morgan fingerprint density at radius 2 is 1.97 bits per heavy atom. The van der Waals surface area contributed by atoms with Gasteiger partial charge in [0.15, 0.2) is 17.5 Å². The molecule has 1 atom stereocenters. The van der Waals surface area contributed by atoms with Crippen molar-refractivity contribution in [1.82, 2.24) is 9.97 Å². The molecule has 3 aromatic rings. The zero-order chi connectivity index (χ0) is 21.4. The Balaban J connectivity index is 1.47. The van der Waals surface area contributed by atoms with Crippen LogP contribution in [0, 0.1) is 11.6 Å². The summed E-state index contributed by atoms with van der Waals surface area (Å²) in [5.41, 5.74) is 5.22. The van der Waals surface area contributed by atoms with Crippen molar-refractivity contribution in [1.29, 1.82) is 0 Å². The molecule has 0 fully saturated rings. The first-order valence-corrected chi connectivity index (χ1v) is 11.1. The van der Waals surface area contributed by atoms with E-state index in [1.165, 1.54) is 11.6 Å². The number of thioether (sulfide) groups is 1. The molecule has 31 heavy (non-hydrogen) atoms. The first-order valence-electron chi connectivity index (χ1n) is 10.1. The number of anilines is 1. The number of hydrogen-bond donors (Lipinski definition) is 1. The number of carbonyl (C=O) groups is 1. The summed E-state index contributed by atoms with van der Waals surface area (Å²) in [6, 6.07) is 11.7. The van der Waals surface area contributed by atoms with Gasteiger partial charge in [0.05, 0.1) is 28.8 Å². The fraction of sp³-hybridized carbons (Fsp3) is 0.208. The number of carbonyl (C=O) groups excluding carboxylic acids is 1. The van der Waals surface area contributed by atoms with Gasteiger partial charge in [0.1, 0.15) is 0 Å². The van der Waals surface area contributed by atoms with Crippen molar-refractivity contribution in [3.63, 3.8) is 0 Å². The molecule has 1 aliphatic heterocycles. The average molecular weight is 435 g/mol. The molecule has 1 aromatic heterocycles. The summed E-state index contributed by atoms with van der Waals surface area (Å²) in [6.07, 6.45) is 4.44. The lowest BCUT2D eigenvalue weighted by Crippen LogP contribution is -2.20. The number of nitrogens with one attached hydrogen (secondary N) is 1. The monoisotopic (exact) mass is 435 g/mol. The number of benzene rings is 2. The molecule has 1 amide bonds. The topological polar surface area (TPSA) is 54.9 Å². The lowest BCUT2D eigenvalue weighted by molar-refractivity contribution is -0.115. The summed E-state index contributed by atoms with van der Waals surface area (Å²) < 4.78 is 26.7. The fourth-order valence-electron chi connectivity index (χ4n) is 3.98. The minimum atomic E-state index is -0.966. The van der Waals surface area contributed by atoms with Gasteiger partial charge >= 0.3 is 0 Å². The number of amides is 1. The van der Waals surface area contributed by atoms with E-state index >= 15 is 0 Å². The van der Waals surface area contributed by atoms with Crippen LogP contribution in [0.25, 0.3) is 11.3 Å². The van der Waals surface area contributed by atoms with Crippen LogP contribution in [0.15, 0.2) is 53.9 Å². The normalized spacial score (nSPS) is 16.6. The van der Waals surface area contributed by atoms with Crippen LogP contribution in [0.1, 0.15) is 34.2 Å². The largest absolute Gasteiger partial charge is 0.309 e. The SMILES string of the molecule is O=C(Cc1ccc(F)c(F)c1)Nc1nc2c(nc1C1CC=CS1)-c1ccccc1CC2. The maximum absolute atomic E-state index is 13.5. The molecule has 0 saturated heterocycles. The van der Waals surface area contributed by atoms with E-state index < -0.39 is 11.6 Å². The van der Waals surface area contributed by atoms with E-state index in [9.17, 15) is 13.6 Å². The van der Waals surface area contributed by atoms with Crippen molar-refractivity contribution in [2.24, 2.45) is 0 Å². The fourth-order valence-corrected chi connectivity index (χ4v) is 4.91. The number of aryl methyl sites for hydroxylation is 2. The second-order valence-corrected chi connectivity index (χ2v) is 8.73. The second kappa shape index (κ2) is 8.23. The minimum Gasteiger partial charge on any atom is -0.309 e.